The maximum atomic E-state index is 6.66. The van der Waals surface area contributed by atoms with Crippen LogP contribution in [0.1, 0.15) is 32.6 Å². The third kappa shape index (κ3) is 1.89. The van der Waals surface area contributed by atoms with Crippen LogP contribution in [0.2, 0.25) is 5.04 Å². The number of hydrogen-bond acceptors (Lipinski definition) is 0. The molecule has 1 fully saturated rings. The molecule has 0 amide bonds. The van der Waals surface area contributed by atoms with Gasteiger partial charge in [-0.2, -0.15) is 11.1 Å². The second kappa shape index (κ2) is 4.07. The molecule has 75 valence electrons. The van der Waals surface area contributed by atoms with E-state index in [0.717, 1.165) is 0 Å². The van der Waals surface area contributed by atoms with Crippen molar-refractivity contribution in [3.63, 3.8) is 0 Å². The summed E-state index contributed by atoms with van der Waals surface area (Å²) in [5, 5.41) is 1.80. The Bertz CT molecular complexity index is 290. The van der Waals surface area contributed by atoms with Crippen LogP contribution in [0, 0.1) is 0 Å². The Morgan fingerprint density at radius 1 is 1.14 bits per heavy atom. The van der Waals surface area contributed by atoms with Gasteiger partial charge in [0.25, 0.3) is 0 Å². The molecular weight excluding hydrogens is 208 g/mol. The maximum absolute atomic E-state index is 6.66. The molecule has 14 heavy (non-hydrogen) atoms. The minimum atomic E-state index is -0.871. The van der Waals surface area contributed by atoms with Gasteiger partial charge in [-0.25, -0.2) is 0 Å². The highest BCUT2D eigenvalue weighted by Crippen LogP contribution is 2.47. The molecular formula is C12H16ClSi. The summed E-state index contributed by atoms with van der Waals surface area (Å²) in [5.41, 5.74) is 0. The summed E-state index contributed by atoms with van der Waals surface area (Å²) in [6.45, 7) is 2.37. The Labute approximate surface area is 92.6 Å². The number of benzene rings is 1. The summed E-state index contributed by atoms with van der Waals surface area (Å²) >= 11 is 6.66. The topological polar surface area (TPSA) is 0 Å². The average Bonchev–Trinajstić information content (AvgIpc) is 2.67. The summed E-state index contributed by atoms with van der Waals surface area (Å²) < 4.78 is 0. The smallest absolute Gasteiger partial charge is 0.162 e. The fraction of sp³-hybridized carbons (Fsp3) is 0.500. The lowest BCUT2D eigenvalue weighted by molar-refractivity contribution is 0.631. The van der Waals surface area contributed by atoms with E-state index in [4.69, 9.17) is 11.1 Å². The quantitative estimate of drug-likeness (QED) is 0.532. The average molecular weight is 224 g/mol. The summed E-state index contributed by atoms with van der Waals surface area (Å²) in [6.07, 6.45) is 5.37. The molecule has 0 unspecified atom stereocenters. The third-order valence-corrected chi connectivity index (χ3v) is 7.69. The lowest BCUT2D eigenvalue weighted by Gasteiger charge is -2.27. The molecule has 0 saturated heterocycles. The normalized spacial score (nSPS) is 20.2. The van der Waals surface area contributed by atoms with Gasteiger partial charge in [0.15, 0.2) is 0 Å². The molecule has 2 rings (SSSR count). The molecule has 1 aliphatic rings. The van der Waals surface area contributed by atoms with E-state index in [1.54, 1.807) is 0 Å². The van der Waals surface area contributed by atoms with Gasteiger partial charge < -0.3 is 0 Å². The SMILES string of the molecule is CC1([Si](Cl)c2ccccc2)CCCC1. The molecule has 0 aliphatic heterocycles. The van der Waals surface area contributed by atoms with Gasteiger partial charge in [-0.05, 0) is 23.1 Å². The van der Waals surface area contributed by atoms with Crippen molar-refractivity contribution in [2.45, 2.75) is 37.6 Å². The minimum Gasteiger partial charge on any atom is -0.162 e. The predicted octanol–water partition coefficient (Wildman–Crippen LogP) is 3.46. The largest absolute Gasteiger partial charge is 0.205 e. The van der Waals surface area contributed by atoms with Crippen molar-refractivity contribution in [2.24, 2.45) is 0 Å². The highest BCUT2D eigenvalue weighted by molar-refractivity contribution is 7.15. The minimum absolute atomic E-state index is 0.424. The Balaban J connectivity index is 2.19. The van der Waals surface area contributed by atoms with Crippen LogP contribution in [0.3, 0.4) is 0 Å². The Kier molecular flexibility index (Phi) is 2.98. The van der Waals surface area contributed by atoms with Gasteiger partial charge in [-0.3, -0.25) is 0 Å². The van der Waals surface area contributed by atoms with Crippen molar-refractivity contribution >= 4 is 24.4 Å². The van der Waals surface area contributed by atoms with Gasteiger partial charge in [-0.15, -0.1) is 0 Å². The zero-order chi connectivity index (χ0) is 10.0. The molecule has 0 spiro atoms. The van der Waals surface area contributed by atoms with Gasteiger partial charge in [0.05, 0.1) is 0 Å². The van der Waals surface area contributed by atoms with Crippen molar-refractivity contribution in [3.8, 4) is 0 Å². The Hall–Kier alpha value is -0.273. The number of rotatable bonds is 2. The molecule has 1 aliphatic carbocycles. The number of halogens is 1. The first-order valence-electron chi connectivity index (χ1n) is 5.31. The number of hydrogen-bond donors (Lipinski definition) is 0. The van der Waals surface area contributed by atoms with Crippen molar-refractivity contribution in [3.05, 3.63) is 30.3 Å². The van der Waals surface area contributed by atoms with Gasteiger partial charge in [-0.1, -0.05) is 50.1 Å². The first-order chi connectivity index (χ1) is 6.72. The van der Waals surface area contributed by atoms with Gasteiger partial charge in [0.2, 0.25) is 8.11 Å². The van der Waals surface area contributed by atoms with E-state index in [1.807, 2.05) is 0 Å². The van der Waals surface area contributed by atoms with Crippen molar-refractivity contribution < 1.29 is 0 Å². The lowest BCUT2D eigenvalue weighted by Crippen LogP contribution is -2.35. The molecule has 0 nitrogen and oxygen atoms in total. The Morgan fingerprint density at radius 2 is 1.71 bits per heavy atom. The van der Waals surface area contributed by atoms with Crippen LogP contribution in [-0.4, -0.2) is 8.11 Å². The fourth-order valence-corrected chi connectivity index (χ4v) is 5.23. The van der Waals surface area contributed by atoms with E-state index < -0.39 is 8.11 Å². The molecule has 0 N–H and O–H groups in total. The molecule has 0 aromatic heterocycles. The van der Waals surface area contributed by atoms with E-state index in [-0.39, 0.29) is 0 Å². The highest BCUT2D eigenvalue weighted by Gasteiger charge is 2.38. The van der Waals surface area contributed by atoms with Crippen LogP contribution in [0.25, 0.3) is 0 Å². The molecule has 0 heterocycles. The van der Waals surface area contributed by atoms with Crippen molar-refractivity contribution in [1.82, 2.24) is 0 Å². The zero-order valence-electron chi connectivity index (χ0n) is 8.59. The molecule has 2 heteroatoms. The van der Waals surface area contributed by atoms with Crippen LogP contribution in [-0.2, 0) is 0 Å². The first-order valence-corrected chi connectivity index (χ1v) is 7.82. The van der Waals surface area contributed by atoms with E-state index in [1.165, 1.54) is 30.9 Å². The second-order valence-electron chi connectivity index (χ2n) is 4.45. The highest BCUT2D eigenvalue weighted by atomic mass is 35.6. The van der Waals surface area contributed by atoms with Gasteiger partial charge >= 0.3 is 0 Å². The van der Waals surface area contributed by atoms with E-state index in [2.05, 4.69) is 37.3 Å². The maximum Gasteiger partial charge on any atom is 0.205 e. The Morgan fingerprint density at radius 3 is 2.29 bits per heavy atom. The predicted molar refractivity (Wildman–Crippen MR) is 64.5 cm³/mol. The monoisotopic (exact) mass is 223 g/mol. The zero-order valence-corrected chi connectivity index (χ0v) is 10.3. The van der Waals surface area contributed by atoms with Crippen molar-refractivity contribution in [1.29, 1.82) is 0 Å². The summed E-state index contributed by atoms with van der Waals surface area (Å²) in [4.78, 5) is 0. The standard InChI is InChI=1S/C12H16ClSi/c1-12(9-5-6-10-12)14(13)11-7-3-2-4-8-11/h2-4,7-8H,5-6,9-10H2,1H3. The summed E-state index contributed by atoms with van der Waals surface area (Å²) in [7, 11) is -0.871. The third-order valence-electron chi connectivity index (χ3n) is 3.26. The van der Waals surface area contributed by atoms with Crippen LogP contribution in [0.5, 0.6) is 0 Å². The molecule has 1 radical (unpaired) electrons. The van der Waals surface area contributed by atoms with Crippen molar-refractivity contribution in [2.75, 3.05) is 0 Å². The molecule has 1 aromatic rings. The fourth-order valence-electron chi connectivity index (χ4n) is 2.31. The van der Waals surface area contributed by atoms with Gasteiger partial charge in [0, 0.05) is 0 Å². The van der Waals surface area contributed by atoms with Crippen LogP contribution < -0.4 is 5.19 Å². The molecule has 0 atom stereocenters. The first kappa shape index (κ1) is 10.3. The summed E-state index contributed by atoms with van der Waals surface area (Å²) in [5.74, 6) is 0. The van der Waals surface area contributed by atoms with Crippen LogP contribution in [0.15, 0.2) is 30.3 Å². The molecule has 1 saturated carbocycles. The lowest BCUT2D eigenvalue weighted by atomic mass is 10.1. The van der Waals surface area contributed by atoms with Crippen LogP contribution >= 0.6 is 11.1 Å². The van der Waals surface area contributed by atoms with E-state index >= 15 is 0 Å². The van der Waals surface area contributed by atoms with Crippen LogP contribution in [0.4, 0.5) is 0 Å². The molecule has 0 bridgehead atoms. The van der Waals surface area contributed by atoms with E-state index in [9.17, 15) is 0 Å². The van der Waals surface area contributed by atoms with E-state index in [0.29, 0.717) is 5.04 Å². The molecule has 1 aromatic carbocycles. The summed E-state index contributed by atoms with van der Waals surface area (Å²) in [6, 6.07) is 10.6. The van der Waals surface area contributed by atoms with Gasteiger partial charge in [0.1, 0.15) is 0 Å². The second-order valence-corrected chi connectivity index (χ2v) is 7.99.